The van der Waals surface area contributed by atoms with Gasteiger partial charge in [-0.25, -0.2) is 0 Å². The van der Waals surface area contributed by atoms with Crippen LogP contribution in [-0.2, 0) is 13.0 Å². The fraction of sp³-hybridized carbons (Fsp3) is 0.471. The van der Waals surface area contributed by atoms with Crippen LogP contribution >= 0.6 is 0 Å². The lowest BCUT2D eigenvalue weighted by Crippen LogP contribution is -2.26. The molecule has 1 unspecified atom stereocenters. The van der Waals surface area contributed by atoms with Gasteiger partial charge in [-0.15, -0.1) is 0 Å². The van der Waals surface area contributed by atoms with Gasteiger partial charge in [-0.3, -0.25) is 0 Å². The number of hydrogen-bond donors (Lipinski definition) is 1. The van der Waals surface area contributed by atoms with Gasteiger partial charge in [0.2, 0.25) is 0 Å². The van der Waals surface area contributed by atoms with E-state index in [4.69, 9.17) is 9.26 Å². The first-order valence-electron chi connectivity index (χ1n) is 7.76. The molecule has 0 saturated heterocycles. The number of rotatable bonds is 6. The first-order chi connectivity index (χ1) is 10.4. The topological polar surface area (TPSA) is 47.3 Å². The molecule has 1 aromatic carbocycles. The summed E-state index contributed by atoms with van der Waals surface area (Å²) in [5.41, 5.74) is 2.74. The largest absolute Gasteiger partial charge is 0.485 e. The van der Waals surface area contributed by atoms with Gasteiger partial charge in [0.05, 0.1) is 6.20 Å². The maximum absolute atomic E-state index is 5.94. The summed E-state index contributed by atoms with van der Waals surface area (Å²) in [5, 5.41) is 7.34. The molecular formula is C17H22N2O2. The van der Waals surface area contributed by atoms with E-state index in [-0.39, 0.29) is 0 Å². The Morgan fingerprint density at radius 3 is 3.14 bits per heavy atom. The lowest BCUT2D eigenvalue weighted by molar-refractivity contribution is 0.246. The van der Waals surface area contributed by atoms with Crippen molar-refractivity contribution in [2.45, 2.75) is 45.3 Å². The fourth-order valence-corrected chi connectivity index (χ4v) is 2.95. The zero-order valence-corrected chi connectivity index (χ0v) is 12.5. The maximum atomic E-state index is 5.94. The molecule has 1 aromatic heterocycles. The predicted molar refractivity (Wildman–Crippen MR) is 81.2 cm³/mol. The Balaban J connectivity index is 1.76. The second-order valence-corrected chi connectivity index (χ2v) is 5.49. The number of benzene rings is 1. The van der Waals surface area contributed by atoms with Crippen molar-refractivity contribution < 1.29 is 9.26 Å². The molecule has 4 nitrogen and oxygen atoms in total. The normalized spacial score (nSPS) is 17.5. The second kappa shape index (κ2) is 6.76. The highest BCUT2D eigenvalue weighted by molar-refractivity contribution is 5.43. The molecule has 0 saturated carbocycles. The smallest absolute Gasteiger partial charge is 0.174 e. The van der Waals surface area contributed by atoms with Crippen LogP contribution in [0.1, 0.15) is 49.1 Å². The summed E-state index contributed by atoms with van der Waals surface area (Å²) < 4.78 is 11.0. The third-order valence-electron chi connectivity index (χ3n) is 3.97. The Morgan fingerprint density at radius 1 is 1.38 bits per heavy atom. The lowest BCUT2D eigenvalue weighted by Gasteiger charge is -2.28. The third kappa shape index (κ3) is 3.27. The molecule has 1 heterocycles. The Labute approximate surface area is 125 Å². The van der Waals surface area contributed by atoms with E-state index in [0.29, 0.717) is 12.6 Å². The van der Waals surface area contributed by atoms with Crippen LogP contribution in [0.15, 0.2) is 35.0 Å². The number of nitrogens with one attached hydrogen (secondary N) is 1. The highest BCUT2D eigenvalue weighted by Crippen LogP contribution is 2.35. The van der Waals surface area contributed by atoms with E-state index in [1.165, 1.54) is 24.0 Å². The first-order valence-corrected chi connectivity index (χ1v) is 7.76. The van der Waals surface area contributed by atoms with Crippen LogP contribution in [0.3, 0.4) is 0 Å². The molecule has 1 aliphatic rings. The number of aromatic nitrogens is 1. The summed E-state index contributed by atoms with van der Waals surface area (Å²) in [6, 6.07) is 8.66. The quantitative estimate of drug-likeness (QED) is 0.881. The molecule has 0 spiro atoms. The summed E-state index contributed by atoms with van der Waals surface area (Å²) in [4.78, 5) is 0. The molecule has 112 valence electrons. The molecule has 0 bridgehead atoms. The minimum Gasteiger partial charge on any atom is -0.485 e. The summed E-state index contributed by atoms with van der Waals surface area (Å²) in [6.07, 6.45) is 6.30. The van der Waals surface area contributed by atoms with Crippen LogP contribution in [-0.4, -0.2) is 11.7 Å². The molecule has 1 aliphatic carbocycles. The molecule has 1 N–H and O–H groups in total. The van der Waals surface area contributed by atoms with Crippen LogP contribution in [0.4, 0.5) is 0 Å². The van der Waals surface area contributed by atoms with Crippen LogP contribution in [0.2, 0.25) is 0 Å². The molecule has 4 heteroatoms. The maximum Gasteiger partial charge on any atom is 0.174 e. The van der Waals surface area contributed by atoms with Crippen LogP contribution < -0.4 is 10.1 Å². The summed E-state index contributed by atoms with van der Waals surface area (Å²) >= 11 is 0. The molecule has 3 rings (SSSR count). The first kappa shape index (κ1) is 14.1. The van der Waals surface area contributed by atoms with E-state index in [0.717, 1.165) is 30.9 Å². The average Bonchev–Trinajstić information content (AvgIpc) is 3.04. The Kier molecular flexibility index (Phi) is 4.55. The van der Waals surface area contributed by atoms with E-state index < -0.39 is 0 Å². The fourth-order valence-electron chi connectivity index (χ4n) is 2.95. The van der Waals surface area contributed by atoms with Crippen molar-refractivity contribution >= 4 is 0 Å². The molecule has 2 aromatic rings. The second-order valence-electron chi connectivity index (χ2n) is 5.49. The van der Waals surface area contributed by atoms with Crippen LogP contribution in [0.5, 0.6) is 5.75 Å². The molecular weight excluding hydrogens is 264 g/mol. The van der Waals surface area contributed by atoms with Crippen LogP contribution in [0.25, 0.3) is 0 Å². The van der Waals surface area contributed by atoms with Gasteiger partial charge < -0.3 is 14.6 Å². The summed E-state index contributed by atoms with van der Waals surface area (Å²) in [6.45, 7) is 3.70. The number of ether oxygens (including phenoxy) is 1. The number of nitrogens with zero attached hydrogens (tertiary/aromatic N) is 1. The zero-order valence-electron chi connectivity index (χ0n) is 12.5. The van der Waals surface area contributed by atoms with Crippen LogP contribution in [0, 0.1) is 0 Å². The van der Waals surface area contributed by atoms with Crippen molar-refractivity contribution in [3.63, 3.8) is 0 Å². The molecule has 0 amide bonds. The molecule has 0 aliphatic heterocycles. The van der Waals surface area contributed by atoms with Gasteiger partial charge in [-0.05, 0) is 49.4 Å². The van der Waals surface area contributed by atoms with Crippen molar-refractivity contribution in [3.8, 4) is 5.75 Å². The van der Waals surface area contributed by atoms with Gasteiger partial charge in [0.25, 0.3) is 0 Å². The van der Waals surface area contributed by atoms with Gasteiger partial charge in [0.1, 0.15) is 12.4 Å². The summed E-state index contributed by atoms with van der Waals surface area (Å²) in [5.74, 6) is 1.73. The predicted octanol–water partition coefficient (Wildman–Crippen LogP) is 3.63. The minimum atomic E-state index is 0.434. The summed E-state index contributed by atoms with van der Waals surface area (Å²) in [7, 11) is 0. The molecule has 0 fully saturated rings. The highest BCUT2D eigenvalue weighted by Gasteiger charge is 2.22. The van der Waals surface area contributed by atoms with Crippen molar-refractivity contribution in [3.05, 3.63) is 47.3 Å². The van der Waals surface area contributed by atoms with E-state index in [9.17, 15) is 0 Å². The van der Waals surface area contributed by atoms with Gasteiger partial charge in [0, 0.05) is 12.1 Å². The number of hydrogen-bond acceptors (Lipinski definition) is 4. The van der Waals surface area contributed by atoms with E-state index >= 15 is 0 Å². The van der Waals surface area contributed by atoms with Gasteiger partial charge in [-0.1, -0.05) is 24.2 Å². The molecule has 0 radical (unpaired) electrons. The van der Waals surface area contributed by atoms with Gasteiger partial charge >= 0.3 is 0 Å². The van der Waals surface area contributed by atoms with Crippen molar-refractivity contribution in [1.29, 1.82) is 0 Å². The third-order valence-corrected chi connectivity index (χ3v) is 3.97. The monoisotopic (exact) mass is 286 g/mol. The Bertz CT molecular complexity index is 566. The SMILES string of the molecule is CCCNC1CCCc2c(OCc3ccno3)cccc21. The van der Waals surface area contributed by atoms with E-state index in [1.807, 2.05) is 6.07 Å². The lowest BCUT2D eigenvalue weighted by atomic mass is 9.87. The van der Waals surface area contributed by atoms with Gasteiger partial charge in [0.15, 0.2) is 5.76 Å². The Hall–Kier alpha value is -1.81. The minimum absolute atomic E-state index is 0.434. The van der Waals surface area contributed by atoms with Crippen molar-refractivity contribution in [2.24, 2.45) is 0 Å². The van der Waals surface area contributed by atoms with Crippen molar-refractivity contribution in [2.75, 3.05) is 6.54 Å². The van der Waals surface area contributed by atoms with E-state index in [2.05, 4.69) is 35.6 Å². The van der Waals surface area contributed by atoms with Gasteiger partial charge in [-0.2, -0.15) is 0 Å². The average molecular weight is 286 g/mol. The zero-order chi connectivity index (χ0) is 14.5. The van der Waals surface area contributed by atoms with E-state index in [1.54, 1.807) is 6.20 Å². The van der Waals surface area contributed by atoms with Crippen molar-refractivity contribution in [1.82, 2.24) is 10.5 Å². The molecule has 21 heavy (non-hydrogen) atoms. The molecule has 1 atom stereocenters. The number of fused-ring (bicyclic) bond motifs is 1. The Morgan fingerprint density at radius 2 is 2.33 bits per heavy atom. The standard InChI is InChI=1S/C17H22N2O2/c1-2-10-18-16-7-3-6-15-14(16)5-4-8-17(15)20-12-13-9-11-19-21-13/h4-5,8-9,11,16,18H,2-3,6-7,10,12H2,1H3. The highest BCUT2D eigenvalue weighted by atomic mass is 16.5.